The minimum Gasteiger partial charge on any atom is -0.492 e. The molecule has 0 aliphatic rings. The van der Waals surface area contributed by atoms with Gasteiger partial charge >= 0.3 is 6.18 Å². The lowest BCUT2D eigenvalue weighted by molar-refractivity contribution is -0.137. The molecule has 1 aromatic carbocycles. The van der Waals surface area contributed by atoms with Gasteiger partial charge in [-0.2, -0.15) is 13.2 Å². The highest BCUT2D eigenvalue weighted by Gasteiger charge is 2.30. The van der Waals surface area contributed by atoms with Gasteiger partial charge in [0.1, 0.15) is 12.4 Å². The van der Waals surface area contributed by atoms with Crippen LogP contribution in [0.1, 0.15) is 5.56 Å². The van der Waals surface area contributed by atoms with E-state index in [0.29, 0.717) is 13.1 Å². The van der Waals surface area contributed by atoms with E-state index in [2.05, 4.69) is 11.2 Å². The molecule has 0 heterocycles. The Morgan fingerprint density at radius 1 is 1.35 bits per heavy atom. The van der Waals surface area contributed by atoms with Gasteiger partial charge in [0, 0.05) is 6.54 Å². The van der Waals surface area contributed by atoms with Crippen molar-refractivity contribution in [3.8, 4) is 18.1 Å². The highest BCUT2D eigenvalue weighted by Crippen LogP contribution is 2.31. The number of hydrogen-bond donors (Lipinski definition) is 1. The Kier molecular flexibility index (Phi) is 4.85. The van der Waals surface area contributed by atoms with Gasteiger partial charge in [-0.1, -0.05) is 12.0 Å². The van der Waals surface area contributed by atoms with Crippen molar-refractivity contribution < 1.29 is 17.9 Å². The van der Waals surface area contributed by atoms with Crippen molar-refractivity contribution >= 4 is 0 Å². The quantitative estimate of drug-likeness (QED) is 0.633. The number of benzene rings is 1. The molecule has 2 nitrogen and oxygen atoms in total. The van der Waals surface area contributed by atoms with Crippen LogP contribution in [0.4, 0.5) is 13.2 Å². The minimum atomic E-state index is -4.35. The first kappa shape index (κ1) is 13.4. The summed E-state index contributed by atoms with van der Waals surface area (Å²) in [4.78, 5) is 0. The van der Waals surface area contributed by atoms with E-state index in [4.69, 9.17) is 11.2 Å². The molecule has 1 N–H and O–H groups in total. The van der Waals surface area contributed by atoms with Gasteiger partial charge in [-0.25, -0.2) is 0 Å². The maximum Gasteiger partial charge on any atom is 0.416 e. The van der Waals surface area contributed by atoms with Crippen molar-refractivity contribution in [2.75, 3.05) is 19.7 Å². The molecule has 0 saturated heterocycles. The first-order chi connectivity index (χ1) is 8.04. The summed E-state index contributed by atoms with van der Waals surface area (Å²) < 4.78 is 42.3. The zero-order valence-electron chi connectivity index (χ0n) is 9.05. The van der Waals surface area contributed by atoms with Crippen LogP contribution >= 0.6 is 0 Å². The lowest BCUT2D eigenvalue weighted by Gasteiger charge is -2.10. The summed E-state index contributed by atoms with van der Waals surface area (Å²) in [7, 11) is 0. The Morgan fingerprint density at radius 3 is 2.76 bits per heavy atom. The predicted octanol–water partition coefficient (Wildman–Crippen LogP) is 2.31. The van der Waals surface area contributed by atoms with E-state index < -0.39 is 11.7 Å². The number of rotatable bonds is 5. The first-order valence-corrected chi connectivity index (χ1v) is 4.98. The normalized spacial score (nSPS) is 10.9. The Labute approximate surface area is 97.8 Å². The molecule has 1 rings (SSSR count). The van der Waals surface area contributed by atoms with Gasteiger partial charge in [0.05, 0.1) is 12.1 Å². The number of nitrogens with one attached hydrogen (secondary N) is 1. The van der Waals surface area contributed by atoms with Crippen LogP contribution in [-0.4, -0.2) is 19.7 Å². The maximum atomic E-state index is 12.4. The molecular weight excluding hydrogens is 231 g/mol. The Morgan fingerprint density at radius 2 is 2.12 bits per heavy atom. The predicted molar refractivity (Wildman–Crippen MR) is 58.6 cm³/mol. The van der Waals surface area contributed by atoms with Gasteiger partial charge in [0.25, 0.3) is 0 Å². The van der Waals surface area contributed by atoms with Crippen molar-refractivity contribution in [2.24, 2.45) is 0 Å². The summed E-state index contributed by atoms with van der Waals surface area (Å²) in [6.07, 6.45) is 0.665. The average molecular weight is 243 g/mol. The second kappa shape index (κ2) is 6.16. The summed E-state index contributed by atoms with van der Waals surface area (Å²) in [5.74, 6) is 2.58. The van der Waals surface area contributed by atoms with E-state index in [1.165, 1.54) is 12.1 Å². The molecule has 0 atom stereocenters. The Hall–Kier alpha value is -1.67. The zero-order chi connectivity index (χ0) is 12.7. The number of halogens is 3. The highest BCUT2D eigenvalue weighted by molar-refractivity contribution is 5.30. The molecule has 0 saturated carbocycles. The van der Waals surface area contributed by atoms with E-state index in [9.17, 15) is 13.2 Å². The second-order valence-corrected chi connectivity index (χ2v) is 3.25. The molecule has 0 aromatic heterocycles. The van der Waals surface area contributed by atoms with Crippen molar-refractivity contribution in [2.45, 2.75) is 6.18 Å². The first-order valence-electron chi connectivity index (χ1n) is 4.98. The summed E-state index contributed by atoms with van der Waals surface area (Å²) in [5.41, 5.74) is -0.716. The van der Waals surface area contributed by atoms with Crippen LogP contribution in [-0.2, 0) is 6.18 Å². The Balaban J connectivity index is 2.47. The van der Waals surface area contributed by atoms with E-state index >= 15 is 0 Å². The van der Waals surface area contributed by atoms with Crippen molar-refractivity contribution in [1.82, 2.24) is 5.32 Å². The minimum absolute atomic E-state index is 0.197. The largest absolute Gasteiger partial charge is 0.492 e. The van der Waals surface area contributed by atoms with Gasteiger partial charge in [-0.3, -0.25) is 0 Å². The molecule has 0 unspecified atom stereocenters. The fraction of sp³-hybridized carbons (Fsp3) is 0.333. The van der Waals surface area contributed by atoms with Crippen molar-refractivity contribution in [1.29, 1.82) is 0 Å². The SMILES string of the molecule is C#CCNCCOc1cccc(C(F)(F)F)c1. The summed E-state index contributed by atoms with van der Waals surface area (Å²) in [6.45, 7) is 1.16. The lowest BCUT2D eigenvalue weighted by atomic mass is 10.2. The number of alkyl halides is 3. The molecule has 0 fully saturated rings. The third-order valence-corrected chi connectivity index (χ3v) is 1.94. The van der Waals surface area contributed by atoms with Gasteiger partial charge in [0.2, 0.25) is 0 Å². The van der Waals surface area contributed by atoms with Crippen LogP contribution in [0.3, 0.4) is 0 Å². The number of ether oxygens (including phenoxy) is 1. The standard InChI is InChI=1S/C12H12F3NO/c1-2-6-16-7-8-17-11-5-3-4-10(9-11)12(13,14)15/h1,3-5,9,16H,6-8H2. The van der Waals surface area contributed by atoms with Crippen molar-refractivity contribution in [3.05, 3.63) is 29.8 Å². The monoisotopic (exact) mass is 243 g/mol. The molecular formula is C12H12F3NO. The molecule has 0 radical (unpaired) electrons. The van der Waals surface area contributed by atoms with Gasteiger partial charge in [-0.05, 0) is 18.2 Å². The molecule has 17 heavy (non-hydrogen) atoms. The lowest BCUT2D eigenvalue weighted by Crippen LogP contribution is -2.21. The molecule has 0 amide bonds. The second-order valence-electron chi connectivity index (χ2n) is 3.25. The van der Waals surface area contributed by atoms with Crippen LogP contribution in [0, 0.1) is 12.3 Å². The third kappa shape index (κ3) is 4.79. The summed E-state index contributed by atoms with van der Waals surface area (Å²) in [6, 6.07) is 4.77. The fourth-order valence-electron chi connectivity index (χ4n) is 1.16. The van der Waals surface area contributed by atoms with Crippen LogP contribution in [0.2, 0.25) is 0 Å². The van der Waals surface area contributed by atoms with Gasteiger partial charge < -0.3 is 10.1 Å². The van der Waals surface area contributed by atoms with Crippen molar-refractivity contribution in [3.63, 3.8) is 0 Å². The Bertz CT molecular complexity index is 395. The van der Waals surface area contributed by atoms with Crippen LogP contribution in [0.25, 0.3) is 0 Å². The summed E-state index contributed by atoms with van der Waals surface area (Å²) in [5, 5.41) is 2.87. The molecule has 92 valence electrons. The van der Waals surface area contributed by atoms with E-state index in [1.54, 1.807) is 0 Å². The molecule has 0 bridgehead atoms. The molecule has 5 heteroatoms. The van der Waals surface area contributed by atoms with E-state index in [1.807, 2.05) is 0 Å². The molecule has 0 aliphatic heterocycles. The highest BCUT2D eigenvalue weighted by atomic mass is 19.4. The molecule has 0 spiro atoms. The third-order valence-electron chi connectivity index (χ3n) is 1.94. The maximum absolute atomic E-state index is 12.4. The fourth-order valence-corrected chi connectivity index (χ4v) is 1.16. The number of hydrogen-bond acceptors (Lipinski definition) is 2. The summed E-state index contributed by atoms with van der Waals surface area (Å²) >= 11 is 0. The van der Waals surface area contributed by atoms with Gasteiger partial charge in [0.15, 0.2) is 0 Å². The van der Waals surface area contributed by atoms with Gasteiger partial charge in [-0.15, -0.1) is 6.42 Å². The topological polar surface area (TPSA) is 21.3 Å². The van der Waals surface area contributed by atoms with Crippen LogP contribution in [0.15, 0.2) is 24.3 Å². The zero-order valence-corrected chi connectivity index (χ0v) is 9.05. The van der Waals surface area contributed by atoms with E-state index in [0.717, 1.165) is 12.1 Å². The average Bonchev–Trinajstić information content (AvgIpc) is 2.28. The van der Waals surface area contributed by atoms with E-state index in [-0.39, 0.29) is 12.4 Å². The van der Waals surface area contributed by atoms with Crippen LogP contribution < -0.4 is 10.1 Å². The molecule has 0 aliphatic carbocycles. The smallest absolute Gasteiger partial charge is 0.416 e. The number of terminal acetylenes is 1. The van der Waals surface area contributed by atoms with Crippen LogP contribution in [0.5, 0.6) is 5.75 Å². The molecule has 1 aromatic rings.